The summed E-state index contributed by atoms with van der Waals surface area (Å²) in [5, 5.41) is 9.68. The summed E-state index contributed by atoms with van der Waals surface area (Å²) in [4.78, 5) is 30.8. The van der Waals surface area contributed by atoms with Crippen LogP contribution in [0.15, 0.2) is 53.8 Å². The van der Waals surface area contributed by atoms with Crippen LogP contribution in [0.5, 0.6) is 0 Å². The second-order valence-corrected chi connectivity index (χ2v) is 10.2. The van der Waals surface area contributed by atoms with Crippen LogP contribution in [-0.2, 0) is 0 Å². The van der Waals surface area contributed by atoms with Crippen molar-refractivity contribution in [3.8, 4) is 0 Å². The van der Waals surface area contributed by atoms with Crippen molar-refractivity contribution >= 4 is 40.7 Å². The molecule has 0 spiro atoms. The number of allylic oxidation sites excluding steroid dienone is 1. The maximum atomic E-state index is 13.0. The second kappa shape index (κ2) is 10.1. The van der Waals surface area contributed by atoms with Gasteiger partial charge in [0.15, 0.2) is 0 Å². The molecule has 0 bridgehead atoms. The molecule has 1 aliphatic carbocycles. The van der Waals surface area contributed by atoms with E-state index in [2.05, 4.69) is 39.2 Å². The number of aromatic nitrogens is 1. The quantitative estimate of drug-likeness (QED) is 0.315. The van der Waals surface area contributed by atoms with Gasteiger partial charge in [-0.2, -0.15) is 5.10 Å². The number of amides is 2. The average molecular weight is 499 g/mol. The Hall–Kier alpha value is -4.07. The number of primary amides is 1. The van der Waals surface area contributed by atoms with Gasteiger partial charge in [-0.1, -0.05) is 12.1 Å². The molecule has 1 saturated heterocycles. The Balaban J connectivity index is 1.38. The number of hydrogen-bond donors (Lipinski definition) is 3. The highest BCUT2D eigenvalue weighted by Crippen LogP contribution is 2.40. The van der Waals surface area contributed by atoms with Gasteiger partial charge in [-0.3, -0.25) is 14.6 Å². The summed E-state index contributed by atoms with van der Waals surface area (Å²) < 4.78 is 0. The molecule has 2 heterocycles. The number of nitrogens with zero attached hydrogens (tertiary/aromatic N) is 3. The van der Waals surface area contributed by atoms with E-state index in [0.717, 1.165) is 41.7 Å². The molecule has 2 amide bonds. The number of carbonyl (C=O) groups is 2. The molecular formula is C29H34N6O2. The van der Waals surface area contributed by atoms with Gasteiger partial charge < -0.3 is 20.9 Å². The highest BCUT2D eigenvalue weighted by Gasteiger charge is 2.26. The predicted octanol–water partition coefficient (Wildman–Crippen LogP) is 4.45. The SMILES string of the molecule is C=NN(C)/C=C(\C)c1cc2c(N3CCC[C@@H](NC(=O)c4ccc(C5CC5)cc4)C3)ccc(C(N)=O)c2[nH]1. The second-order valence-electron chi connectivity index (χ2n) is 10.2. The Morgan fingerprint density at radius 3 is 2.62 bits per heavy atom. The molecule has 2 aromatic carbocycles. The third-order valence-electron chi connectivity index (χ3n) is 7.38. The van der Waals surface area contributed by atoms with E-state index in [4.69, 9.17) is 5.73 Å². The number of carbonyl (C=O) groups excluding carboxylic acids is 2. The fourth-order valence-corrected chi connectivity index (χ4v) is 5.19. The Morgan fingerprint density at radius 1 is 1.19 bits per heavy atom. The molecule has 37 heavy (non-hydrogen) atoms. The van der Waals surface area contributed by atoms with Gasteiger partial charge in [0.05, 0.1) is 11.1 Å². The minimum Gasteiger partial charge on any atom is -0.369 e. The largest absolute Gasteiger partial charge is 0.369 e. The van der Waals surface area contributed by atoms with Crippen molar-refractivity contribution in [2.75, 3.05) is 25.0 Å². The van der Waals surface area contributed by atoms with Crippen molar-refractivity contribution in [3.63, 3.8) is 0 Å². The van der Waals surface area contributed by atoms with Crippen LogP contribution in [0.4, 0.5) is 5.69 Å². The van der Waals surface area contributed by atoms with E-state index >= 15 is 0 Å². The summed E-state index contributed by atoms with van der Waals surface area (Å²) in [5.41, 5.74) is 11.7. The van der Waals surface area contributed by atoms with Crippen LogP contribution in [0, 0.1) is 0 Å². The summed E-state index contributed by atoms with van der Waals surface area (Å²) in [6.45, 7) is 7.07. The van der Waals surface area contributed by atoms with E-state index in [9.17, 15) is 9.59 Å². The molecule has 4 N–H and O–H groups in total. The Labute approximate surface area is 217 Å². The number of anilines is 1. The summed E-state index contributed by atoms with van der Waals surface area (Å²) >= 11 is 0. The first-order chi connectivity index (χ1) is 17.8. The highest BCUT2D eigenvalue weighted by molar-refractivity contribution is 6.09. The maximum absolute atomic E-state index is 13.0. The van der Waals surface area contributed by atoms with Crippen LogP contribution in [0.2, 0.25) is 0 Å². The third kappa shape index (κ3) is 5.23. The topological polar surface area (TPSA) is 107 Å². The van der Waals surface area contributed by atoms with Crippen LogP contribution in [0.3, 0.4) is 0 Å². The first kappa shape index (κ1) is 24.6. The van der Waals surface area contributed by atoms with Gasteiger partial charge in [0.2, 0.25) is 0 Å². The van der Waals surface area contributed by atoms with E-state index in [1.54, 1.807) is 11.1 Å². The number of nitrogens with one attached hydrogen (secondary N) is 2. The van der Waals surface area contributed by atoms with Crippen molar-refractivity contribution in [1.82, 2.24) is 15.3 Å². The zero-order chi connectivity index (χ0) is 26.1. The maximum Gasteiger partial charge on any atom is 0.251 e. The van der Waals surface area contributed by atoms with E-state index < -0.39 is 5.91 Å². The lowest BCUT2D eigenvalue weighted by molar-refractivity contribution is 0.0932. The Bertz CT molecular complexity index is 1370. The van der Waals surface area contributed by atoms with Gasteiger partial charge in [-0.15, -0.1) is 0 Å². The number of aromatic amines is 1. The minimum atomic E-state index is -0.479. The summed E-state index contributed by atoms with van der Waals surface area (Å²) in [7, 11) is 1.81. The number of hydrazone groups is 1. The van der Waals surface area contributed by atoms with Crippen LogP contribution in [0.1, 0.15) is 70.5 Å². The third-order valence-corrected chi connectivity index (χ3v) is 7.38. The monoisotopic (exact) mass is 498 g/mol. The van der Waals surface area contributed by atoms with Crippen molar-refractivity contribution in [3.05, 3.63) is 71.0 Å². The van der Waals surface area contributed by atoms with Gasteiger partial charge in [-0.05, 0) is 80.0 Å². The molecule has 5 rings (SSSR count). The Morgan fingerprint density at radius 2 is 1.95 bits per heavy atom. The molecule has 1 aliphatic heterocycles. The van der Waals surface area contributed by atoms with E-state index in [1.165, 1.54) is 18.4 Å². The van der Waals surface area contributed by atoms with Crippen molar-refractivity contribution in [2.45, 2.75) is 44.6 Å². The first-order valence-electron chi connectivity index (χ1n) is 12.8. The number of rotatable bonds is 8. The smallest absolute Gasteiger partial charge is 0.251 e. The summed E-state index contributed by atoms with van der Waals surface area (Å²) in [6, 6.07) is 13.8. The molecule has 8 nitrogen and oxygen atoms in total. The molecule has 2 fully saturated rings. The highest BCUT2D eigenvalue weighted by atomic mass is 16.2. The van der Waals surface area contributed by atoms with Crippen molar-refractivity contribution < 1.29 is 9.59 Å². The predicted molar refractivity (Wildman–Crippen MR) is 149 cm³/mol. The number of hydrogen-bond acceptors (Lipinski definition) is 5. The van der Waals surface area contributed by atoms with Crippen LogP contribution in [-0.4, -0.2) is 54.7 Å². The lowest BCUT2D eigenvalue weighted by Crippen LogP contribution is -2.47. The van der Waals surface area contributed by atoms with Gasteiger partial charge in [0, 0.05) is 61.4 Å². The van der Waals surface area contributed by atoms with Crippen LogP contribution >= 0.6 is 0 Å². The number of fused-ring (bicyclic) bond motifs is 1. The molecule has 0 radical (unpaired) electrons. The minimum absolute atomic E-state index is 0.0302. The number of benzene rings is 2. The van der Waals surface area contributed by atoms with Gasteiger partial charge in [-0.25, -0.2) is 0 Å². The van der Waals surface area contributed by atoms with Gasteiger partial charge >= 0.3 is 0 Å². The van der Waals surface area contributed by atoms with E-state index in [1.807, 2.05) is 44.4 Å². The zero-order valence-corrected chi connectivity index (χ0v) is 21.5. The molecule has 3 aromatic rings. The van der Waals surface area contributed by atoms with E-state index in [-0.39, 0.29) is 11.9 Å². The number of piperidine rings is 1. The summed E-state index contributed by atoms with van der Waals surface area (Å²) in [5.74, 6) is 0.163. The van der Waals surface area contributed by atoms with Crippen LogP contribution in [0.25, 0.3) is 16.5 Å². The Kier molecular flexibility index (Phi) is 6.74. The molecule has 192 valence electrons. The lowest BCUT2D eigenvalue weighted by Gasteiger charge is -2.35. The number of nitrogens with two attached hydrogens (primary N) is 1. The molecule has 8 heteroatoms. The summed E-state index contributed by atoms with van der Waals surface area (Å²) in [6.07, 6.45) is 6.24. The van der Waals surface area contributed by atoms with Crippen molar-refractivity contribution in [1.29, 1.82) is 0 Å². The molecule has 1 atom stereocenters. The normalized spacial score (nSPS) is 18.1. The van der Waals surface area contributed by atoms with E-state index in [0.29, 0.717) is 29.1 Å². The van der Waals surface area contributed by atoms with Gasteiger partial charge in [0.1, 0.15) is 0 Å². The fourth-order valence-electron chi connectivity index (χ4n) is 5.19. The molecular weight excluding hydrogens is 464 g/mol. The standard InChI is InChI=1S/C29H34N6O2/c1-18(16-34(3)31-2)25-15-24-26(13-12-23(28(30)36)27(24)33-25)35-14-4-5-22(17-35)32-29(37)21-10-8-20(9-11-21)19-6-7-19/h8-13,15-16,19,22,33H,2,4-7,14,17H2,1,3H3,(H2,30,36)(H,32,37)/b18-16+/t22-/m1/s1. The molecule has 0 unspecified atom stereocenters. The van der Waals surface area contributed by atoms with Gasteiger partial charge in [0.25, 0.3) is 11.8 Å². The lowest BCUT2D eigenvalue weighted by atomic mass is 10.0. The van der Waals surface area contributed by atoms with Crippen LogP contribution < -0.4 is 16.0 Å². The molecule has 1 aromatic heterocycles. The zero-order valence-electron chi connectivity index (χ0n) is 21.5. The molecule has 2 aliphatic rings. The molecule has 1 saturated carbocycles. The fraction of sp³-hybridized carbons (Fsp3) is 0.345. The first-order valence-corrected chi connectivity index (χ1v) is 12.8. The average Bonchev–Trinajstić information content (AvgIpc) is 3.65. The number of H-pyrrole nitrogens is 1. The van der Waals surface area contributed by atoms with Crippen molar-refractivity contribution in [2.24, 2.45) is 10.8 Å².